The van der Waals surface area contributed by atoms with Crippen LogP contribution in [0.2, 0.25) is 5.02 Å². The molecule has 2 aliphatic rings. The van der Waals surface area contributed by atoms with Crippen LogP contribution in [0.25, 0.3) is 11.1 Å². The number of fused-ring (bicyclic) bond motifs is 2. The minimum atomic E-state index is -0.565. The van der Waals surface area contributed by atoms with Gasteiger partial charge in [0.05, 0.1) is 0 Å². The predicted octanol–water partition coefficient (Wildman–Crippen LogP) is 5.53. The van der Waals surface area contributed by atoms with Crippen LogP contribution in [0.4, 0.5) is 0 Å². The highest BCUT2D eigenvalue weighted by molar-refractivity contribution is 6.31. The molecule has 3 atom stereocenters. The zero-order chi connectivity index (χ0) is 18.4. The second-order valence-corrected chi connectivity index (χ2v) is 8.08. The molecule has 134 valence electrons. The van der Waals surface area contributed by atoms with Crippen LogP contribution in [-0.4, -0.2) is 11.6 Å². The fraction of sp³-hybridized carbons (Fsp3) is 0.391. The summed E-state index contributed by atoms with van der Waals surface area (Å²) in [7, 11) is 0. The van der Waals surface area contributed by atoms with Crippen LogP contribution >= 0.6 is 11.6 Å². The van der Waals surface area contributed by atoms with Crippen molar-refractivity contribution in [3.8, 4) is 11.1 Å². The Labute approximate surface area is 159 Å². The smallest absolute Gasteiger partial charge is 0.150 e. The van der Waals surface area contributed by atoms with Crippen LogP contribution in [0.5, 0.6) is 0 Å². The molecular formula is C23H23ClO2. The van der Waals surface area contributed by atoms with E-state index in [-0.39, 0.29) is 23.4 Å². The van der Waals surface area contributed by atoms with E-state index in [0.717, 1.165) is 58.5 Å². The van der Waals surface area contributed by atoms with Crippen LogP contribution < -0.4 is 0 Å². The predicted molar refractivity (Wildman–Crippen MR) is 105 cm³/mol. The quantitative estimate of drug-likeness (QED) is 0.669. The lowest BCUT2D eigenvalue weighted by molar-refractivity contribution is -0.135. The zero-order valence-electron chi connectivity index (χ0n) is 15.2. The largest absolute Gasteiger partial charge is 0.298 e. The maximum absolute atomic E-state index is 13.0. The third kappa shape index (κ3) is 2.81. The van der Waals surface area contributed by atoms with Crippen molar-refractivity contribution in [3.63, 3.8) is 0 Å². The van der Waals surface area contributed by atoms with Crippen LogP contribution in [0, 0.1) is 18.8 Å². The van der Waals surface area contributed by atoms with E-state index in [9.17, 15) is 9.59 Å². The van der Waals surface area contributed by atoms with Crippen LogP contribution in [0.1, 0.15) is 48.8 Å². The lowest BCUT2D eigenvalue weighted by Crippen LogP contribution is -2.35. The first kappa shape index (κ1) is 17.5. The Bertz CT molecular complexity index is 877. The van der Waals surface area contributed by atoms with Gasteiger partial charge in [0.1, 0.15) is 5.92 Å². The minimum absolute atomic E-state index is 0.0776. The number of Topliss-reactive ketones (excluding diaryl/α,β-unsaturated/α-hetero) is 2. The van der Waals surface area contributed by atoms with E-state index >= 15 is 0 Å². The summed E-state index contributed by atoms with van der Waals surface area (Å²) in [6.07, 6.45) is 3.35. The van der Waals surface area contributed by atoms with Crippen molar-refractivity contribution in [1.82, 2.24) is 0 Å². The Hall–Kier alpha value is -1.93. The second kappa shape index (κ2) is 6.66. The van der Waals surface area contributed by atoms with E-state index in [1.54, 1.807) is 0 Å². The van der Waals surface area contributed by atoms with Crippen molar-refractivity contribution in [2.45, 2.75) is 45.4 Å². The Morgan fingerprint density at radius 3 is 2.19 bits per heavy atom. The van der Waals surface area contributed by atoms with Crippen LogP contribution in [0.3, 0.4) is 0 Å². The molecule has 0 spiro atoms. The van der Waals surface area contributed by atoms with Gasteiger partial charge in [-0.1, -0.05) is 36.7 Å². The summed E-state index contributed by atoms with van der Waals surface area (Å²) in [5, 5.41) is 0.744. The summed E-state index contributed by atoms with van der Waals surface area (Å²) in [5.41, 5.74) is 5.15. The molecule has 0 heterocycles. The fourth-order valence-electron chi connectivity index (χ4n) is 4.61. The van der Waals surface area contributed by atoms with Crippen molar-refractivity contribution >= 4 is 23.2 Å². The SMILES string of the molecule is CCc1ccc(-c2ccc(Cl)c(C)c2)cc1C1C(=O)[C@@H]2CC[C@@H](C2)C1=O. The van der Waals surface area contributed by atoms with Gasteiger partial charge >= 0.3 is 0 Å². The number of aryl methyl sites for hydroxylation is 2. The normalized spacial score (nSPS) is 25.0. The average Bonchev–Trinajstić information content (AvgIpc) is 3.10. The number of ketones is 2. The Morgan fingerprint density at radius 1 is 0.962 bits per heavy atom. The van der Waals surface area contributed by atoms with Gasteiger partial charge < -0.3 is 0 Å². The molecule has 0 N–H and O–H groups in total. The summed E-state index contributed by atoms with van der Waals surface area (Å²) in [6, 6.07) is 12.2. The minimum Gasteiger partial charge on any atom is -0.298 e. The van der Waals surface area contributed by atoms with Crippen molar-refractivity contribution in [2.24, 2.45) is 11.8 Å². The summed E-state index contributed by atoms with van der Waals surface area (Å²) >= 11 is 6.16. The Balaban J connectivity index is 1.81. The van der Waals surface area contributed by atoms with Crippen molar-refractivity contribution in [3.05, 3.63) is 58.1 Å². The van der Waals surface area contributed by atoms with Gasteiger partial charge in [-0.2, -0.15) is 0 Å². The zero-order valence-corrected chi connectivity index (χ0v) is 16.0. The molecule has 2 aromatic carbocycles. The average molecular weight is 367 g/mol. The molecule has 2 bridgehead atoms. The van der Waals surface area contributed by atoms with Gasteiger partial charge in [-0.25, -0.2) is 0 Å². The number of rotatable bonds is 3. The summed E-state index contributed by atoms with van der Waals surface area (Å²) < 4.78 is 0. The van der Waals surface area contributed by atoms with Crippen LogP contribution in [-0.2, 0) is 16.0 Å². The fourth-order valence-corrected chi connectivity index (χ4v) is 4.72. The summed E-state index contributed by atoms with van der Waals surface area (Å²) in [5.74, 6) is -0.127. The Kier molecular flexibility index (Phi) is 4.48. The molecule has 26 heavy (non-hydrogen) atoms. The van der Waals surface area contributed by atoms with Gasteiger partial charge in [-0.15, -0.1) is 0 Å². The highest BCUT2D eigenvalue weighted by atomic mass is 35.5. The molecule has 2 aromatic rings. The number of benzene rings is 2. The molecule has 2 nitrogen and oxygen atoms in total. The lowest BCUT2D eigenvalue weighted by atomic mass is 9.73. The van der Waals surface area contributed by atoms with Gasteiger partial charge in [0.15, 0.2) is 11.6 Å². The van der Waals surface area contributed by atoms with Gasteiger partial charge in [0, 0.05) is 16.9 Å². The highest BCUT2D eigenvalue weighted by Crippen LogP contribution is 2.45. The van der Waals surface area contributed by atoms with E-state index in [1.807, 2.05) is 19.1 Å². The maximum Gasteiger partial charge on any atom is 0.150 e. The van der Waals surface area contributed by atoms with Gasteiger partial charge in [-0.3, -0.25) is 9.59 Å². The molecule has 1 unspecified atom stereocenters. The molecule has 0 radical (unpaired) electrons. The molecular weight excluding hydrogens is 344 g/mol. The van der Waals surface area contributed by atoms with Gasteiger partial charge in [0.2, 0.25) is 0 Å². The third-order valence-electron chi connectivity index (χ3n) is 6.14. The molecule has 0 saturated heterocycles. The van der Waals surface area contributed by atoms with Crippen molar-refractivity contribution < 1.29 is 9.59 Å². The third-order valence-corrected chi connectivity index (χ3v) is 6.56. The molecule has 0 aromatic heterocycles. The number of carbonyl (C=O) groups is 2. The maximum atomic E-state index is 13.0. The molecule has 4 rings (SSSR count). The molecule has 0 aliphatic heterocycles. The standard InChI is InChI=1S/C23H23ClO2/c1-3-14-4-5-16(15-8-9-20(24)13(2)10-15)12-19(14)21-22(25)17-6-7-18(11-17)23(21)26/h4-5,8-10,12,17-18,21H,3,6-7,11H2,1-2H3/t17-,18+,21?. The van der Waals surface area contributed by atoms with Gasteiger partial charge in [-0.05, 0) is 78.6 Å². The number of hydrogen-bond donors (Lipinski definition) is 0. The Morgan fingerprint density at radius 2 is 1.58 bits per heavy atom. The summed E-state index contributed by atoms with van der Waals surface area (Å²) in [4.78, 5) is 25.9. The molecule has 2 aliphatic carbocycles. The highest BCUT2D eigenvalue weighted by Gasteiger charge is 2.47. The molecule has 2 saturated carbocycles. The molecule has 3 heteroatoms. The number of hydrogen-bond acceptors (Lipinski definition) is 2. The van der Waals surface area contributed by atoms with Crippen LogP contribution in [0.15, 0.2) is 36.4 Å². The van der Waals surface area contributed by atoms with Crippen molar-refractivity contribution in [1.29, 1.82) is 0 Å². The topological polar surface area (TPSA) is 34.1 Å². The first-order chi connectivity index (χ1) is 12.5. The first-order valence-electron chi connectivity index (χ1n) is 9.46. The van der Waals surface area contributed by atoms with E-state index < -0.39 is 5.92 Å². The first-order valence-corrected chi connectivity index (χ1v) is 9.84. The molecule has 0 amide bonds. The van der Waals surface area contributed by atoms with Gasteiger partial charge in [0.25, 0.3) is 0 Å². The monoisotopic (exact) mass is 366 g/mol. The van der Waals surface area contributed by atoms with Crippen molar-refractivity contribution in [2.75, 3.05) is 0 Å². The van der Waals surface area contributed by atoms with E-state index in [0.29, 0.717) is 0 Å². The van der Waals surface area contributed by atoms with E-state index in [1.165, 1.54) is 0 Å². The van der Waals surface area contributed by atoms with E-state index in [2.05, 4.69) is 31.2 Å². The summed E-state index contributed by atoms with van der Waals surface area (Å²) in [6.45, 7) is 4.07. The lowest BCUT2D eigenvalue weighted by Gasteiger charge is -2.27. The number of halogens is 1. The molecule has 2 fully saturated rings. The number of carbonyl (C=O) groups excluding carboxylic acids is 2. The second-order valence-electron chi connectivity index (χ2n) is 7.68. The van der Waals surface area contributed by atoms with E-state index in [4.69, 9.17) is 11.6 Å².